The van der Waals surface area contributed by atoms with Gasteiger partial charge in [0.15, 0.2) is 0 Å². The second-order valence-electron chi connectivity index (χ2n) is 11.6. The van der Waals surface area contributed by atoms with Crippen molar-refractivity contribution in [1.82, 2.24) is 0 Å². The van der Waals surface area contributed by atoms with Crippen molar-refractivity contribution in [1.29, 1.82) is 0 Å². The Bertz CT molecular complexity index is 1010. The van der Waals surface area contributed by atoms with Crippen LogP contribution in [0.15, 0.2) is 83.0 Å². The molecule has 0 radical (unpaired) electrons. The normalized spacial score (nSPS) is 14.1. The van der Waals surface area contributed by atoms with Crippen LogP contribution in [-0.2, 0) is 37.0 Å². The minimum absolute atomic E-state index is 0. The van der Waals surface area contributed by atoms with E-state index in [0.29, 0.717) is 11.5 Å². The maximum absolute atomic E-state index is 9.18. The summed E-state index contributed by atoms with van der Waals surface area (Å²) in [5.41, 5.74) is 7.87. The van der Waals surface area contributed by atoms with Crippen molar-refractivity contribution in [2.75, 3.05) is 0 Å². The molecule has 2 aliphatic rings. The molecule has 0 saturated carbocycles. The number of phenolic OH excluding ortho intramolecular Hbond substituents is 2. The van der Waals surface area contributed by atoms with E-state index >= 15 is 0 Å². The van der Waals surface area contributed by atoms with Gasteiger partial charge in [0.1, 0.15) is 11.5 Å². The van der Waals surface area contributed by atoms with Crippen LogP contribution in [0, 0.1) is 12.2 Å². The van der Waals surface area contributed by atoms with E-state index in [-0.39, 0.29) is 37.0 Å². The summed E-state index contributed by atoms with van der Waals surface area (Å²) >= 11 is 0. The molecule has 2 aromatic rings. The SMILES string of the molecule is CC(C)(C)c1cccc(O)c1.CC(C)(C)c1cccc(O)c1.CC1=[C-]C(C)=CC1.CC1=[C-]C(C)=CC1.[Zr+2]. The molecule has 2 nitrogen and oxygen atoms in total. The summed E-state index contributed by atoms with van der Waals surface area (Å²) in [5.74, 6) is 0.690. The van der Waals surface area contributed by atoms with Gasteiger partial charge in [-0.05, 0) is 46.2 Å². The molecule has 4 rings (SSSR count). The van der Waals surface area contributed by atoms with E-state index < -0.39 is 0 Å². The number of benzene rings is 2. The van der Waals surface area contributed by atoms with Gasteiger partial charge < -0.3 is 10.2 Å². The second kappa shape index (κ2) is 16.0. The van der Waals surface area contributed by atoms with Crippen LogP contribution in [-0.4, -0.2) is 10.2 Å². The molecule has 37 heavy (non-hydrogen) atoms. The van der Waals surface area contributed by atoms with E-state index in [1.807, 2.05) is 24.3 Å². The van der Waals surface area contributed by atoms with Gasteiger partial charge in [0.05, 0.1) is 0 Å². The van der Waals surface area contributed by atoms with Crippen molar-refractivity contribution in [3.05, 3.63) is 106 Å². The number of phenols is 2. The van der Waals surface area contributed by atoms with Crippen molar-refractivity contribution in [2.24, 2.45) is 0 Å². The summed E-state index contributed by atoms with van der Waals surface area (Å²) < 4.78 is 0. The van der Waals surface area contributed by atoms with Gasteiger partial charge in [0, 0.05) is 0 Å². The Balaban J connectivity index is 0.000000473. The van der Waals surface area contributed by atoms with E-state index in [1.54, 1.807) is 24.3 Å². The minimum atomic E-state index is 0. The van der Waals surface area contributed by atoms with Gasteiger partial charge >= 0.3 is 26.2 Å². The van der Waals surface area contributed by atoms with Crippen LogP contribution in [0.25, 0.3) is 0 Å². The quantitative estimate of drug-likeness (QED) is 0.306. The minimum Gasteiger partial charge on any atom is -0.508 e. The topological polar surface area (TPSA) is 40.5 Å². The molecule has 0 bridgehead atoms. The van der Waals surface area contributed by atoms with Crippen molar-refractivity contribution in [2.45, 2.75) is 92.9 Å². The Morgan fingerprint density at radius 2 is 0.919 bits per heavy atom. The summed E-state index contributed by atoms with van der Waals surface area (Å²) in [6.07, 6.45) is 13.0. The molecule has 0 heterocycles. The number of allylic oxidation sites excluding steroid dienone is 8. The van der Waals surface area contributed by atoms with Crippen molar-refractivity contribution in [3.63, 3.8) is 0 Å². The summed E-state index contributed by atoms with van der Waals surface area (Å²) in [5, 5.41) is 18.4. The summed E-state index contributed by atoms with van der Waals surface area (Å²) in [4.78, 5) is 0. The first kappa shape index (κ1) is 34.9. The molecule has 2 aliphatic carbocycles. The molecule has 0 atom stereocenters. The predicted molar refractivity (Wildman–Crippen MR) is 155 cm³/mol. The molecule has 0 amide bonds. The summed E-state index contributed by atoms with van der Waals surface area (Å²) in [7, 11) is 0. The van der Waals surface area contributed by atoms with E-state index in [4.69, 9.17) is 0 Å². The van der Waals surface area contributed by atoms with Gasteiger partial charge in [-0.2, -0.15) is 11.1 Å². The van der Waals surface area contributed by atoms with E-state index in [0.717, 1.165) is 24.0 Å². The Hall–Kier alpha value is -2.12. The zero-order valence-electron chi connectivity index (χ0n) is 24.6. The van der Waals surface area contributed by atoms with Crippen LogP contribution in [0.3, 0.4) is 0 Å². The molecular formula is C34H46O2Zr. The number of aromatic hydroxyl groups is 2. The molecule has 2 N–H and O–H groups in total. The molecule has 0 aliphatic heterocycles. The van der Waals surface area contributed by atoms with Crippen LogP contribution < -0.4 is 0 Å². The zero-order valence-corrected chi connectivity index (χ0v) is 27.0. The molecule has 0 spiro atoms. The van der Waals surface area contributed by atoms with Crippen molar-refractivity contribution >= 4 is 0 Å². The van der Waals surface area contributed by atoms with Gasteiger partial charge in [-0.25, -0.2) is 23.3 Å². The van der Waals surface area contributed by atoms with Crippen molar-refractivity contribution in [3.8, 4) is 11.5 Å². The molecular weight excluding hydrogens is 532 g/mol. The molecule has 0 unspecified atom stereocenters. The predicted octanol–water partition coefficient (Wildman–Crippen LogP) is 9.55. The van der Waals surface area contributed by atoms with Gasteiger partial charge in [0.2, 0.25) is 0 Å². The van der Waals surface area contributed by atoms with Gasteiger partial charge in [0.25, 0.3) is 0 Å². The fraction of sp³-hybridized carbons (Fsp3) is 0.412. The van der Waals surface area contributed by atoms with E-state index in [1.165, 1.54) is 22.3 Å². The maximum Gasteiger partial charge on any atom is 2.00 e. The molecule has 198 valence electrons. The fourth-order valence-electron chi connectivity index (χ4n) is 3.43. The Kier molecular flexibility index (Phi) is 15.1. The van der Waals surface area contributed by atoms with Crippen LogP contribution in [0.4, 0.5) is 0 Å². The first-order chi connectivity index (χ1) is 16.6. The standard InChI is InChI=1S/2C10H14O.2C7H9.Zr/c2*1-10(2,3)8-5-4-6-9(11)7-8;2*1-6-3-4-7(2)5-6;/h2*4-7,11H,1-3H3;2*3H,4H2,1-2H3;/q;;2*-1;+2. The summed E-state index contributed by atoms with van der Waals surface area (Å²) in [6, 6.07) is 14.8. The van der Waals surface area contributed by atoms with Gasteiger partial charge in [-0.1, -0.05) is 106 Å². The first-order valence-corrected chi connectivity index (χ1v) is 12.7. The van der Waals surface area contributed by atoms with E-state index in [2.05, 4.69) is 93.5 Å². The first-order valence-electron chi connectivity index (χ1n) is 12.7. The molecule has 0 fully saturated rings. The second-order valence-corrected chi connectivity index (χ2v) is 11.6. The smallest absolute Gasteiger partial charge is 0.508 e. The van der Waals surface area contributed by atoms with Crippen LogP contribution >= 0.6 is 0 Å². The fourth-order valence-corrected chi connectivity index (χ4v) is 3.43. The van der Waals surface area contributed by atoms with Crippen LogP contribution in [0.5, 0.6) is 11.5 Å². The third kappa shape index (κ3) is 15.0. The zero-order chi connectivity index (χ0) is 27.5. The summed E-state index contributed by atoms with van der Waals surface area (Å²) in [6.45, 7) is 21.1. The number of rotatable bonds is 0. The Morgan fingerprint density at radius 3 is 1.05 bits per heavy atom. The number of hydrogen-bond acceptors (Lipinski definition) is 2. The average molecular weight is 578 g/mol. The van der Waals surface area contributed by atoms with Crippen LogP contribution in [0.2, 0.25) is 0 Å². The number of hydrogen-bond donors (Lipinski definition) is 2. The Morgan fingerprint density at radius 1 is 0.595 bits per heavy atom. The third-order valence-electron chi connectivity index (χ3n) is 5.67. The Labute approximate surface area is 246 Å². The van der Waals surface area contributed by atoms with Gasteiger partial charge in [-0.3, -0.25) is 12.2 Å². The third-order valence-corrected chi connectivity index (χ3v) is 5.67. The molecule has 0 aromatic heterocycles. The maximum atomic E-state index is 9.18. The van der Waals surface area contributed by atoms with Crippen LogP contribution in [0.1, 0.15) is 93.2 Å². The molecule has 0 saturated heterocycles. The van der Waals surface area contributed by atoms with Crippen molar-refractivity contribution < 1.29 is 36.4 Å². The largest absolute Gasteiger partial charge is 2.00 e. The van der Waals surface area contributed by atoms with Gasteiger partial charge in [-0.15, -0.1) is 0 Å². The molecule has 2 aromatic carbocycles. The monoisotopic (exact) mass is 576 g/mol. The van der Waals surface area contributed by atoms with E-state index in [9.17, 15) is 10.2 Å². The average Bonchev–Trinajstić information content (AvgIpc) is 3.34. The molecule has 3 heteroatoms.